The molecule has 2 fully saturated rings. The molecule has 0 saturated carbocycles. The average Bonchev–Trinajstić information content (AvgIpc) is 3.56. The lowest BCUT2D eigenvalue weighted by Gasteiger charge is -2.25. The molecule has 2 aromatic heterocycles. The van der Waals surface area contributed by atoms with Gasteiger partial charge in [0.15, 0.2) is 0 Å². The van der Waals surface area contributed by atoms with Crippen LogP contribution >= 0.6 is 0 Å². The summed E-state index contributed by atoms with van der Waals surface area (Å²) in [4.78, 5) is 20.9. The normalized spacial score (nSPS) is 17.2. The van der Waals surface area contributed by atoms with Crippen LogP contribution in [0.25, 0.3) is 22.0 Å². The third kappa shape index (κ3) is 6.53. The Bertz CT molecular complexity index is 1950. The van der Waals surface area contributed by atoms with Crippen LogP contribution in [0.1, 0.15) is 41.6 Å². The summed E-state index contributed by atoms with van der Waals surface area (Å²) in [5.41, 5.74) is 2.55. The van der Waals surface area contributed by atoms with Crippen molar-refractivity contribution >= 4 is 44.0 Å². The van der Waals surface area contributed by atoms with Crippen LogP contribution in [0.3, 0.4) is 0 Å². The molecule has 5 heterocycles. The maximum atomic E-state index is 16.3. The number of anilines is 3. The molecular formula is C33H33FN4O8S. The van der Waals surface area contributed by atoms with Gasteiger partial charge in [0.1, 0.15) is 23.4 Å². The third-order valence-corrected chi connectivity index (χ3v) is 10.4. The van der Waals surface area contributed by atoms with E-state index in [0.717, 1.165) is 5.56 Å². The maximum Gasteiger partial charge on any atom is 0.335 e. The minimum Gasteiger partial charge on any atom is -0.492 e. The molecule has 14 heteroatoms. The quantitative estimate of drug-likeness (QED) is 0.213. The van der Waals surface area contributed by atoms with Crippen molar-refractivity contribution < 1.29 is 41.7 Å². The summed E-state index contributed by atoms with van der Waals surface area (Å²) in [7, 11) is -3.93. The second-order valence-electron chi connectivity index (χ2n) is 11.7. The van der Waals surface area contributed by atoms with Crippen molar-refractivity contribution in [3.63, 3.8) is 0 Å². The molecule has 0 atom stereocenters. The number of carboxylic acid groups (broad SMARTS) is 1. The number of hydrogen-bond donors (Lipinski definition) is 3. The van der Waals surface area contributed by atoms with Crippen molar-refractivity contribution in [2.45, 2.75) is 43.5 Å². The molecule has 0 bridgehead atoms. The molecule has 2 saturated heterocycles. The van der Waals surface area contributed by atoms with Crippen LogP contribution in [0.4, 0.5) is 21.5 Å². The van der Waals surface area contributed by atoms with E-state index in [9.17, 15) is 18.3 Å². The van der Waals surface area contributed by atoms with Gasteiger partial charge in [-0.15, -0.1) is 0 Å². The lowest BCUT2D eigenvalue weighted by atomic mass is 10.0. The Morgan fingerprint density at radius 3 is 2.49 bits per heavy atom. The number of aromatic nitrogens is 2. The number of rotatable bonds is 9. The van der Waals surface area contributed by atoms with E-state index in [0.29, 0.717) is 87.8 Å². The van der Waals surface area contributed by atoms with Gasteiger partial charge in [0.2, 0.25) is 10.0 Å². The molecule has 12 nitrogen and oxygen atoms in total. The molecule has 0 unspecified atom stereocenters. The van der Waals surface area contributed by atoms with Gasteiger partial charge in [-0.25, -0.2) is 17.6 Å². The minimum absolute atomic E-state index is 0.00821. The fraction of sp³-hybridized carbons (Fsp3) is 0.364. The summed E-state index contributed by atoms with van der Waals surface area (Å²) in [5, 5.41) is 12.3. The number of halogens is 1. The topological polar surface area (TPSA) is 158 Å². The van der Waals surface area contributed by atoms with Gasteiger partial charge in [0, 0.05) is 67.8 Å². The smallest absolute Gasteiger partial charge is 0.335 e. The molecule has 3 aliphatic heterocycles. The SMILES string of the molecule is O=C(O)c1cc(Nc2c(NS(=O)(=O)C3CCOCC3)cnc3cc(-c4cncc5c4OCC5)cc(F)c23)cc(OC2CCOCC2)c1. The van der Waals surface area contributed by atoms with E-state index in [-0.39, 0.29) is 39.6 Å². The highest BCUT2D eigenvalue weighted by Gasteiger charge is 2.30. The number of pyridine rings is 2. The Kier molecular flexibility index (Phi) is 8.55. The summed E-state index contributed by atoms with van der Waals surface area (Å²) in [6.45, 7) is 2.18. The van der Waals surface area contributed by atoms with Crippen LogP contribution in [0.5, 0.6) is 11.5 Å². The first-order chi connectivity index (χ1) is 22.7. The Morgan fingerprint density at radius 2 is 1.72 bits per heavy atom. The van der Waals surface area contributed by atoms with Gasteiger partial charge in [0.25, 0.3) is 0 Å². The number of nitrogens with one attached hydrogen (secondary N) is 2. The largest absolute Gasteiger partial charge is 0.492 e. The van der Waals surface area contributed by atoms with E-state index in [4.69, 9.17) is 18.9 Å². The van der Waals surface area contributed by atoms with E-state index in [2.05, 4.69) is 20.0 Å². The van der Waals surface area contributed by atoms with Crippen LogP contribution in [-0.4, -0.2) is 73.8 Å². The summed E-state index contributed by atoms with van der Waals surface area (Å²) < 4.78 is 68.7. The average molecular weight is 665 g/mol. The number of aromatic carboxylic acids is 1. The minimum atomic E-state index is -3.93. The number of hydrogen-bond acceptors (Lipinski definition) is 10. The first-order valence-electron chi connectivity index (χ1n) is 15.5. The highest BCUT2D eigenvalue weighted by Crippen LogP contribution is 2.41. The van der Waals surface area contributed by atoms with Crippen molar-refractivity contribution in [3.8, 4) is 22.6 Å². The highest BCUT2D eigenvalue weighted by atomic mass is 32.2. The standard InChI is InChI=1S/C33H33FN4O8S/c34-27-13-20(26-17-35-16-19-1-10-45-32(19)26)14-28-30(27)31(29(18-36-28)38-47(41,42)25-4-8-44-9-5-25)37-22-11-21(33(39)40)12-24(15-22)46-23-2-6-43-7-3-23/h11-18,23,25,38H,1-10H2,(H,36,37)(H,39,40). The van der Waals surface area contributed by atoms with Crippen molar-refractivity contribution in [1.82, 2.24) is 9.97 Å². The van der Waals surface area contributed by atoms with E-state index in [1.165, 1.54) is 24.4 Å². The summed E-state index contributed by atoms with van der Waals surface area (Å²) in [6.07, 6.45) is 7.10. The monoisotopic (exact) mass is 664 g/mol. The van der Waals surface area contributed by atoms with Crippen molar-refractivity contribution in [2.24, 2.45) is 0 Å². The fourth-order valence-corrected chi connectivity index (χ4v) is 7.60. The molecule has 246 valence electrons. The van der Waals surface area contributed by atoms with Crippen molar-refractivity contribution in [1.29, 1.82) is 0 Å². The number of fused-ring (bicyclic) bond motifs is 2. The van der Waals surface area contributed by atoms with Gasteiger partial charge in [0.05, 0.1) is 59.1 Å². The Morgan fingerprint density at radius 1 is 0.957 bits per heavy atom. The Balaban J connectivity index is 1.33. The molecule has 47 heavy (non-hydrogen) atoms. The van der Waals surface area contributed by atoms with E-state index in [1.54, 1.807) is 24.5 Å². The van der Waals surface area contributed by atoms with Crippen LogP contribution < -0.4 is 19.5 Å². The lowest BCUT2D eigenvalue weighted by Crippen LogP contribution is -2.33. The number of carbonyl (C=O) groups is 1. The van der Waals surface area contributed by atoms with E-state index < -0.39 is 27.1 Å². The summed E-state index contributed by atoms with van der Waals surface area (Å²) in [5.74, 6) is -0.925. The van der Waals surface area contributed by atoms with Gasteiger partial charge in [-0.05, 0) is 42.7 Å². The second-order valence-corrected chi connectivity index (χ2v) is 13.7. The second kappa shape index (κ2) is 12.9. The predicted octanol–water partition coefficient (Wildman–Crippen LogP) is 5.29. The number of nitrogens with zero attached hydrogens (tertiary/aromatic N) is 2. The van der Waals surface area contributed by atoms with Crippen LogP contribution in [-0.2, 0) is 25.9 Å². The van der Waals surface area contributed by atoms with Gasteiger partial charge in [-0.2, -0.15) is 0 Å². The van der Waals surface area contributed by atoms with E-state index >= 15 is 4.39 Å². The zero-order chi connectivity index (χ0) is 32.5. The van der Waals surface area contributed by atoms with Crippen molar-refractivity contribution in [2.75, 3.05) is 43.1 Å². The Labute approximate surface area is 270 Å². The molecule has 0 spiro atoms. The zero-order valence-corrected chi connectivity index (χ0v) is 26.1. The fourth-order valence-electron chi connectivity index (χ4n) is 6.16. The van der Waals surface area contributed by atoms with Crippen LogP contribution in [0, 0.1) is 5.82 Å². The van der Waals surface area contributed by atoms with Gasteiger partial charge >= 0.3 is 5.97 Å². The van der Waals surface area contributed by atoms with Crippen LogP contribution in [0.15, 0.2) is 48.9 Å². The predicted molar refractivity (Wildman–Crippen MR) is 172 cm³/mol. The van der Waals surface area contributed by atoms with E-state index in [1.807, 2.05) is 0 Å². The molecule has 3 N–H and O–H groups in total. The summed E-state index contributed by atoms with van der Waals surface area (Å²) >= 11 is 0. The van der Waals surface area contributed by atoms with Gasteiger partial charge < -0.3 is 29.4 Å². The molecular weight excluding hydrogens is 631 g/mol. The van der Waals surface area contributed by atoms with Crippen molar-refractivity contribution in [3.05, 3.63) is 65.9 Å². The molecule has 3 aliphatic rings. The van der Waals surface area contributed by atoms with Gasteiger partial charge in [-0.1, -0.05) is 0 Å². The molecule has 0 aliphatic carbocycles. The summed E-state index contributed by atoms with van der Waals surface area (Å²) in [6, 6.07) is 7.42. The molecule has 7 rings (SSSR count). The Hall–Kier alpha value is -4.53. The molecule has 0 radical (unpaired) electrons. The highest BCUT2D eigenvalue weighted by molar-refractivity contribution is 7.93. The maximum absolute atomic E-state index is 16.3. The molecule has 0 amide bonds. The molecule has 4 aromatic rings. The zero-order valence-electron chi connectivity index (χ0n) is 25.3. The number of carboxylic acids is 1. The first kappa shape index (κ1) is 31.1. The third-order valence-electron chi connectivity index (χ3n) is 8.57. The number of ether oxygens (including phenoxy) is 4. The number of sulfonamides is 1. The van der Waals surface area contributed by atoms with Gasteiger partial charge in [-0.3, -0.25) is 14.7 Å². The molecule has 2 aromatic carbocycles. The van der Waals surface area contributed by atoms with Crippen LogP contribution in [0.2, 0.25) is 0 Å². The number of benzene rings is 2. The lowest BCUT2D eigenvalue weighted by molar-refractivity contribution is 0.0255. The first-order valence-corrected chi connectivity index (χ1v) is 17.0.